The Hall–Kier alpha value is -2.72. The van der Waals surface area contributed by atoms with Gasteiger partial charge in [-0.2, -0.15) is 0 Å². The number of rotatable bonds is 2. The van der Waals surface area contributed by atoms with Crippen LogP contribution in [0, 0.1) is 28.1 Å². The molecule has 7 rings (SSSR count). The quantitative estimate of drug-likeness (QED) is 0.321. The van der Waals surface area contributed by atoms with Gasteiger partial charge < -0.3 is 28.1 Å². The lowest BCUT2D eigenvalue weighted by Gasteiger charge is -2.66. The minimum atomic E-state index is -1.18. The van der Waals surface area contributed by atoms with Crippen LogP contribution in [0.2, 0.25) is 0 Å². The number of hydrogen-bond donors (Lipinski definition) is 0. The normalized spacial score (nSPS) is 49.9. The van der Waals surface area contributed by atoms with Crippen molar-refractivity contribution < 1.29 is 47.3 Å². The van der Waals surface area contributed by atoms with E-state index in [0.717, 1.165) is 0 Å². The molecule has 10 heteroatoms. The Morgan fingerprint density at radius 2 is 1.84 bits per heavy atom. The zero-order valence-corrected chi connectivity index (χ0v) is 22.1. The van der Waals surface area contributed by atoms with Gasteiger partial charge in [0.25, 0.3) is 0 Å². The Morgan fingerprint density at radius 3 is 2.53 bits per heavy atom. The van der Waals surface area contributed by atoms with Crippen LogP contribution in [-0.4, -0.2) is 59.8 Å². The van der Waals surface area contributed by atoms with Crippen LogP contribution in [0.1, 0.15) is 65.5 Å². The third-order valence-corrected chi connectivity index (χ3v) is 10.9. The van der Waals surface area contributed by atoms with Crippen LogP contribution in [-0.2, 0) is 42.9 Å². The summed E-state index contributed by atoms with van der Waals surface area (Å²) >= 11 is 0. The van der Waals surface area contributed by atoms with Gasteiger partial charge in [-0.15, -0.1) is 0 Å². The van der Waals surface area contributed by atoms with Gasteiger partial charge in [-0.05, 0) is 38.7 Å². The SMILES string of the molecule is CC(=O)O[C@H]1C(=O)[C@H]2C(C)(C)O[C@@H]3CC(=O)OC[C@]32[C@H]2CC[C@@]3(C)[C@H](c4ccoc4)OC(=O)[C@H]4O[C@]43[C@@]21C. The molecule has 1 aromatic rings. The molecule has 2 saturated carbocycles. The van der Waals surface area contributed by atoms with Gasteiger partial charge in [0.1, 0.15) is 18.3 Å². The van der Waals surface area contributed by atoms with Crippen molar-refractivity contribution in [2.45, 2.75) is 89.5 Å². The van der Waals surface area contributed by atoms with E-state index in [4.69, 9.17) is 28.1 Å². The molecule has 0 unspecified atom stereocenters. The second kappa shape index (κ2) is 7.07. The van der Waals surface area contributed by atoms with E-state index in [1.54, 1.807) is 12.3 Å². The summed E-state index contributed by atoms with van der Waals surface area (Å²) in [4.78, 5) is 52.9. The molecule has 38 heavy (non-hydrogen) atoms. The van der Waals surface area contributed by atoms with E-state index < -0.39 is 69.7 Å². The van der Waals surface area contributed by atoms with Crippen molar-refractivity contribution in [2.75, 3.05) is 6.61 Å². The van der Waals surface area contributed by atoms with E-state index in [9.17, 15) is 19.2 Å². The first-order valence-electron chi connectivity index (χ1n) is 13.3. The molecule has 0 aromatic carbocycles. The van der Waals surface area contributed by atoms with E-state index >= 15 is 0 Å². The molecule has 0 amide bonds. The maximum Gasteiger partial charge on any atom is 0.339 e. The highest BCUT2D eigenvalue weighted by molar-refractivity contribution is 5.93. The number of fused-ring (bicyclic) bond motifs is 1. The van der Waals surface area contributed by atoms with Gasteiger partial charge >= 0.3 is 17.9 Å². The molecule has 2 spiro atoms. The fourth-order valence-corrected chi connectivity index (χ4v) is 9.84. The zero-order valence-electron chi connectivity index (χ0n) is 22.1. The summed E-state index contributed by atoms with van der Waals surface area (Å²) in [5, 5.41) is 0. The van der Waals surface area contributed by atoms with Gasteiger partial charge in [-0.25, -0.2) is 4.79 Å². The van der Waals surface area contributed by atoms with E-state index in [2.05, 4.69) is 0 Å². The van der Waals surface area contributed by atoms with Gasteiger partial charge in [0.2, 0.25) is 0 Å². The Balaban J connectivity index is 1.46. The van der Waals surface area contributed by atoms with E-state index in [-0.39, 0.29) is 30.7 Å². The molecule has 6 aliphatic rings. The van der Waals surface area contributed by atoms with Crippen molar-refractivity contribution in [1.82, 2.24) is 0 Å². The molecule has 204 valence electrons. The molecule has 4 aliphatic heterocycles. The Labute approximate surface area is 219 Å². The Morgan fingerprint density at radius 1 is 1.08 bits per heavy atom. The first kappa shape index (κ1) is 24.3. The van der Waals surface area contributed by atoms with Gasteiger partial charge in [0.05, 0.1) is 36.6 Å². The number of furan rings is 1. The Bertz CT molecular complexity index is 1270. The van der Waals surface area contributed by atoms with Crippen LogP contribution in [0.4, 0.5) is 0 Å². The molecule has 0 bridgehead atoms. The summed E-state index contributed by atoms with van der Waals surface area (Å²) in [7, 11) is 0. The van der Waals surface area contributed by atoms with Crippen molar-refractivity contribution in [3.63, 3.8) is 0 Å². The Kier molecular flexibility index (Phi) is 4.53. The summed E-state index contributed by atoms with van der Waals surface area (Å²) in [6, 6.07) is 1.77. The molecular weight excluding hydrogens is 496 g/mol. The number of ether oxygens (including phenoxy) is 5. The second-order valence-electron chi connectivity index (χ2n) is 12.9. The predicted octanol–water partition coefficient (Wildman–Crippen LogP) is 2.68. The maximum absolute atomic E-state index is 14.6. The molecule has 1 aromatic heterocycles. The highest BCUT2D eigenvalue weighted by atomic mass is 16.7. The van der Waals surface area contributed by atoms with Crippen molar-refractivity contribution in [2.24, 2.45) is 28.1 Å². The summed E-state index contributed by atoms with van der Waals surface area (Å²) in [6.07, 6.45) is 1.01. The molecule has 2 aliphatic carbocycles. The fraction of sp³-hybridized carbons (Fsp3) is 0.714. The van der Waals surface area contributed by atoms with Crippen LogP contribution < -0.4 is 0 Å². The van der Waals surface area contributed by atoms with E-state index in [1.165, 1.54) is 13.2 Å². The van der Waals surface area contributed by atoms with Gasteiger partial charge in [0.15, 0.2) is 18.0 Å². The average Bonchev–Trinajstić information content (AvgIpc) is 3.30. The van der Waals surface area contributed by atoms with Crippen LogP contribution in [0.3, 0.4) is 0 Å². The third-order valence-electron chi connectivity index (χ3n) is 10.9. The number of carbonyl (C=O) groups is 4. The molecule has 0 radical (unpaired) electrons. The summed E-state index contributed by atoms with van der Waals surface area (Å²) in [5.74, 6) is -2.73. The molecule has 5 heterocycles. The minimum Gasteiger partial charge on any atom is -0.472 e. The van der Waals surface area contributed by atoms with Crippen molar-refractivity contribution in [3.8, 4) is 0 Å². The molecule has 6 fully saturated rings. The topological polar surface area (TPSA) is 131 Å². The largest absolute Gasteiger partial charge is 0.472 e. The third kappa shape index (κ3) is 2.48. The number of cyclic esters (lactones) is 2. The molecule has 0 N–H and O–H groups in total. The lowest BCUT2D eigenvalue weighted by Crippen LogP contribution is -2.76. The first-order valence-corrected chi connectivity index (χ1v) is 13.3. The molecule has 10 atom stereocenters. The lowest BCUT2D eigenvalue weighted by atomic mass is 9.36. The van der Waals surface area contributed by atoms with E-state index in [0.29, 0.717) is 18.4 Å². The number of epoxide rings is 1. The molecule has 10 nitrogen and oxygen atoms in total. The van der Waals surface area contributed by atoms with Gasteiger partial charge in [-0.3, -0.25) is 14.4 Å². The number of hydrogen-bond acceptors (Lipinski definition) is 10. The number of carbonyl (C=O) groups excluding carboxylic acids is 4. The van der Waals surface area contributed by atoms with Crippen molar-refractivity contribution in [3.05, 3.63) is 24.2 Å². The van der Waals surface area contributed by atoms with Crippen molar-refractivity contribution in [1.29, 1.82) is 0 Å². The summed E-state index contributed by atoms with van der Waals surface area (Å²) < 4.78 is 35.8. The molecule has 4 saturated heterocycles. The minimum absolute atomic E-state index is 0.0243. The first-order chi connectivity index (χ1) is 17.8. The highest BCUT2D eigenvalue weighted by Gasteiger charge is 2.91. The monoisotopic (exact) mass is 528 g/mol. The van der Waals surface area contributed by atoms with Crippen molar-refractivity contribution >= 4 is 23.7 Å². The van der Waals surface area contributed by atoms with Crippen LogP contribution in [0.5, 0.6) is 0 Å². The number of ketones is 1. The van der Waals surface area contributed by atoms with Crippen LogP contribution in [0.25, 0.3) is 0 Å². The second-order valence-corrected chi connectivity index (χ2v) is 12.9. The standard InChI is InChI=1S/C28H32O10/c1-13(29)35-21-18(31)19-24(2,3)37-16-10-17(30)34-12-27(16,19)15-6-8-25(4)20(14-7-9-33-11-14)36-23(32)22-28(25,38-22)26(15,21)5/h7,9,11,15-16,19-22H,6,8,10,12H2,1-5H3/t15-,16+,19-,20-,21-,22+,25-,26-,27-,28+/m0/s1. The maximum atomic E-state index is 14.6. The smallest absolute Gasteiger partial charge is 0.339 e. The predicted molar refractivity (Wildman–Crippen MR) is 125 cm³/mol. The molecular formula is C28H32O10. The highest BCUT2D eigenvalue weighted by Crippen LogP contribution is 2.80. The fourth-order valence-electron chi connectivity index (χ4n) is 9.84. The number of Topliss-reactive ketones (excluding diaryl/α,β-unsaturated/α-hetero) is 1. The van der Waals surface area contributed by atoms with Crippen LogP contribution >= 0.6 is 0 Å². The zero-order chi connectivity index (χ0) is 27.0. The average molecular weight is 529 g/mol. The summed E-state index contributed by atoms with van der Waals surface area (Å²) in [5.41, 5.74) is -4.10. The lowest BCUT2D eigenvalue weighted by molar-refractivity contribution is -0.255. The number of esters is 3. The van der Waals surface area contributed by atoms with Gasteiger partial charge in [0, 0.05) is 28.7 Å². The summed E-state index contributed by atoms with van der Waals surface area (Å²) in [6.45, 7) is 8.94. The van der Waals surface area contributed by atoms with E-state index in [1.807, 2.05) is 27.7 Å². The van der Waals surface area contributed by atoms with Crippen LogP contribution in [0.15, 0.2) is 23.0 Å². The van der Waals surface area contributed by atoms with Gasteiger partial charge in [-0.1, -0.05) is 13.8 Å².